The molecule has 0 N–H and O–H groups in total. The average molecular weight is 594 g/mol. The topological polar surface area (TPSA) is 90.2 Å². The first-order valence-electron chi connectivity index (χ1n) is 14.3. The Kier molecular flexibility index (Phi) is 7.82. The Labute approximate surface area is 252 Å². The van der Waals surface area contributed by atoms with Crippen LogP contribution in [-0.2, 0) is 14.3 Å². The molecule has 3 aromatic carbocycles. The van der Waals surface area contributed by atoms with Crippen molar-refractivity contribution in [3.63, 3.8) is 0 Å². The summed E-state index contributed by atoms with van der Waals surface area (Å²) in [7, 11) is 1.58. The molecule has 1 aromatic heterocycles. The molecule has 0 fully saturated rings. The third-order valence-electron chi connectivity index (χ3n) is 7.67. The summed E-state index contributed by atoms with van der Waals surface area (Å²) in [5.41, 5.74) is 3.60. The van der Waals surface area contributed by atoms with E-state index < -0.39 is 12.0 Å². The first kappa shape index (κ1) is 28.4. The van der Waals surface area contributed by atoms with E-state index in [0.29, 0.717) is 38.5 Å². The minimum Gasteiger partial charge on any atom is -0.497 e. The molecule has 0 spiro atoms. The molecule has 1 atom stereocenters. The molecule has 43 heavy (non-hydrogen) atoms. The summed E-state index contributed by atoms with van der Waals surface area (Å²) in [5, 5.41) is 0. The van der Waals surface area contributed by atoms with Crippen molar-refractivity contribution in [3.8, 4) is 5.75 Å². The largest absolute Gasteiger partial charge is 0.497 e. The number of aromatic nitrogens is 1. The molecule has 218 valence electrons. The van der Waals surface area contributed by atoms with Gasteiger partial charge in [0.25, 0.3) is 11.5 Å². The van der Waals surface area contributed by atoms with E-state index in [9.17, 15) is 14.4 Å². The second kappa shape index (κ2) is 11.9. The van der Waals surface area contributed by atoms with E-state index in [1.165, 1.54) is 15.9 Å². The minimum absolute atomic E-state index is 0.160. The molecule has 8 nitrogen and oxygen atoms in total. The summed E-state index contributed by atoms with van der Waals surface area (Å²) >= 11 is 1.17. The number of carbonyl (C=O) groups is 2. The van der Waals surface area contributed by atoms with E-state index in [-0.39, 0.29) is 23.6 Å². The number of hydrogen-bond acceptors (Lipinski definition) is 7. The van der Waals surface area contributed by atoms with Gasteiger partial charge in [-0.2, -0.15) is 0 Å². The number of methoxy groups -OCH3 is 1. The molecule has 0 saturated heterocycles. The van der Waals surface area contributed by atoms with Crippen LogP contribution >= 0.6 is 11.3 Å². The van der Waals surface area contributed by atoms with Crippen molar-refractivity contribution in [1.82, 2.24) is 4.57 Å². The number of unbranched alkanes of at least 4 members (excludes halogenated alkanes) is 1. The standard InChI is InChI=1S/C34H31N3O5S/c1-4-6-20-36-25-15-11-10-14-24(25)26(31(36)38)30-32(39)37-29(22-16-18-23(41-3)19-17-22)27(33(40)42-5-2)28(35-34(37)43-30)21-12-8-7-9-13-21/h7-19,29H,4-6,20H2,1-3H3/b30-26+/t29-/m0/s1. The van der Waals surface area contributed by atoms with Gasteiger partial charge < -0.3 is 14.4 Å². The van der Waals surface area contributed by atoms with Crippen molar-refractivity contribution in [2.45, 2.75) is 32.7 Å². The number of amides is 1. The van der Waals surface area contributed by atoms with Crippen molar-refractivity contribution >= 4 is 40.2 Å². The number of para-hydroxylation sites is 1. The van der Waals surface area contributed by atoms with E-state index in [2.05, 4.69) is 6.92 Å². The van der Waals surface area contributed by atoms with Crippen LogP contribution in [0.5, 0.6) is 5.75 Å². The van der Waals surface area contributed by atoms with Crippen molar-refractivity contribution < 1.29 is 19.1 Å². The van der Waals surface area contributed by atoms with Gasteiger partial charge in [0.15, 0.2) is 4.80 Å². The Balaban J connectivity index is 1.67. The monoisotopic (exact) mass is 593 g/mol. The Morgan fingerprint density at radius 1 is 0.953 bits per heavy atom. The van der Waals surface area contributed by atoms with Crippen LogP contribution in [0.25, 0.3) is 11.3 Å². The third-order valence-corrected chi connectivity index (χ3v) is 8.72. The number of ether oxygens (including phenoxy) is 2. The van der Waals surface area contributed by atoms with E-state index in [1.54, 1.807) is 31.1 Å². The van der Waals surface area contributed by atoms with E-state index >= 15 is 0 Å². The van der Waals surface area contributed by atoms with Gasteiger partial charge in [0, 0.05) is 17.7 Å². The minimum atomic E-state index is -0.839. The number of hydrogen-bond donors (Lipinski definition) is 0. The van der Waals surface area contributed by atoms with Crippen LogP contribution in [0.2, 0.25) is 0 Å². The molecule has 4 aromatic rings. The quantitative estimate of drug-likeness (QED) is 0.282. The van der Waals surface area contributed by atoms with Crippen LogP contribution < -0.4 is 24.5 Å². The predicted octanol–water partition coefficient (Wildman–Crippen LogP) is 4.46. The second-order valence-corrected chi connectivity index (χ2v) is 11.2. The molecule has 3 heterocycles. The Bertz CT molecular complexity index is 1920. The summed E-state index contributed by atoms with van der Waals surface area (Å²) in [6.45, 7) is 4.55. The van der Waals surface area contributed by atoms with E-state index in [0.717, 1.165) is 29.7 Å². The number of benzene rings is 3. The number of anilines is 1. The van der Waals surface area contributed by atoms with E-state index in [1.807, 2.05) is 66.7 Å². The summed E-state index contributed by atoms with van der Waals surface area (Å²) in [4.78, 5) is 49.1. The molecule has 0 radical (unpaired) electrons. The molecule has 0 unspecified atom stereocenters. The molecule has 0 aliphatic carbocycles. The number of fused-ring (bicyclic) bond motifs is 2. The van der Waals surface area contributed by atoms with Gasteiger partial charge in [0.2, 0.25) is 0 Å². The normalized spacial score (nSPS) is 17.0. The maximum Gasteiger partial charge on any atom is 0.338 e. The molecule has 0 saturated carbocycles. The fraction of sp³-hybridized carbons (Fsp3) is 0.235. The SMILES string of the molecule is CCCCN1C(=O)/C(=c2/sc3n(c2=O)[C@@H](c2ccc(OC)cc2)C(C(=O)OCC)=C(c2ccccc2)N=3)c2ccccc21. The Morgan fingerprint density at radius 2 is 1.67 bits per heavy atom. The number of rotatable bonds is 8. The summed E-state index contributed by atoms with van der Waals surface area (Å²) in [5.74, 6) is -0.116. The van der Waals surface area contributed by atoms with Crippen molar-refractivity contribution in [2.24, 2.45) is 4.99 Å². The molecule has 9 heteroatoms. The summed E-state index contributed by atoms with van der Waals surface area (Å²) in [6, 6.07) is 23.4. The number of nitrogens with zero attached hydrogens (tertiary/aromatic N) is 3. The maximum absolute atomic E-state index is 14.5. The van der Waals surface area contributed by atoms with Crippen LogP contribution in [0.15, 0.2) is 94.2 Å². The van der Waals surface area contributed by atoms with Crippen molar-refractivity contribution in [3.05, 3.63) is 121 Å². The average Bonchev–Trinajstić information content (AvgIpc) is 3.51. The Hall–Kier alpha value is -4.76. The van der Waals surface area contributed by atoms with Crippen LogP contribution in [-0.4, -0.2) is 36.7 Å². The smallest absolute Gasteiger partial charge is 0.338 e. The molecular weight excluding hydrogens is 562 g/mol. The number of esters is 1. The lowest BCUT2D eigenvalue weighted by Crippen LogP contribution is -2.41. The van der Waals surface area contributed by atoms with Gasteiger partial charge >= 0.3 is 5.97 Å². The van der Waals surface area contributed by atoms with Crippen LogP contribution in [0.4, 0.5) is 5.69 Å². The van der Waals surface area contributed by atoms with Gasteiger partial charge in [-0.05, 0) is 37.1 Å². The lowest BCUT2D eigenvalue weighted by Gasteiger charge is -2.26. The first-order chi connectivity index (χ1) is 21.0. The van der Waals surface area contributed by atoms with Gasteiger partial charge in [0.05, 0.1) is 42.3 Å². The lowest BCUT2D eigenvalue weighted by atomic mass is 9.93. The van der Waals surface area contributed by atoms with Gasteiger partial charge in [-0.1, -0.05) is 85.3 Å². The van der Waals surface area contributed by atoms with Crippen LogP contribution in [0.1, 0.15) is 49.4 Å². The van der Waals surface area contributed by atoms with Crippen molar-refractivity contribution in [1.29, 1.82) is 0 Å². The van der Waals surface area contributed by atoms with Crippen LogP contribution in [0, 0.1) is 0 Å². The fourth-order valence-corrected chi connectivity index (χ4v) is 6.72. The maximum atomic E-state index is 14.5. The van der Waals surface area contributed by atoms with Gasteiger partial charge in [-0.3, -0.25) is 14.2 Å². The highest BCUT2D eigenvalue weighted by atomic mass is 32.1. The van der Waals surface area contributed by atoms with Crippen molar-refractivity contribution in [2.75, 3.05) is 25.2 Å². The highest BCUT2D eigenvalue weighted by Gasteiger charge is 2.38. The molecule has 2 aliphatic heterocycles. The zero-order valence-electron chi connectivity index (χ0n) is 24.2. The molecular formula is C34H31N3O5S. The second-order valence-electron chi connectivity index (χ2n) is 10.2. The molecule has 2 aliphatic rings. The van der Waals surface area contributed by atoms with Gasteiger partial charge in [0.1, 0.15) is 10.3 Å². The Morgan fingerprint density at radius 3 is 2.37 bits per heavy atom. The van der Waals surface area contributed by atoms with Gasteiger partial charge in [-0.25, -0.2) is 9.79 Å². The first-order valence-corrected chi connectivity index (χ1v) is 15.2. The molecule has 6 rings (SSSR count). The zero-order chi connectivity index (χ0) is 30.1. The highest BCUT2D eigenvalue weighted by Crippen LogP contribution is 2.37. The summed E-state index contributed by atoms with van der Waals surface area (Å²) < 4.78 is 12.7. The van der Waals surface area contributed by atoms with E-state index in [4.69, 9.17) is 14.5 Å². The fourth-order valence-electron chi connectivity index (χ4n) is 5.63. The lowest BCUT2D eigenvalue weighted by molar-refractivity contribution is -0.138. The molecule has 0 bridgehead atoms. The summed E-state index contributed by atoms with van der Waals surface area (Å²) in [6.07, 6.45) is 1.78. The zero-order valence-corrected chi connectivity index (χ0v) is 25.0. The van der Waals surface area contributed by atoms with Gasteiger partial charge in [-0.15, -0.1) is 0 Å². The number of carbonyl (C=O) groups excluding carboxylic acids is 2. The molecule has 1 amide bonds. The number of thiazole rings is 1. The highest BCUT2D eigenvalue weighted by molar-refractivity contribution is 7.07. The predicted molar refractivity (Wildman–Crippen MR) is 167 cm³/mol. The third kappa shape index (κ3) is 4.89. The van der Waals surface area contributed by atoms with Crippen LogP contribution in [0.3, 0.4) is 0 Å².